The molecule has 0 aromatic heterocycles. The molecule has 1 aliphatic heterocycles. The summed E-state index contributed by atoms with van der Waals surface area (Å²) in [5, 5.41) is 0. The maximum Gasteiger partial charge on any atom is 0.0701 e. The first-order valence-corrected chi connectivity index (χ1v) is 5.04. The van der Waals surface area contributed by atoms with Gasteiger partial charge in [-0.25, -0.2) is 0 Å². The molecule has 2 fully saturated rings. The number of likely N-dealkylation sites (N-methyl/N-ethyl adjacent to an activating group) is 1. The monoisotopic (exact) mass is 169 g/mol. The summed E-state index contributed by atoms with van der Waals surface area (Å²) in [6.07, 6.45) is 6.06. The van der Waals surface area contributed by atoms with Gasteiger partial charge >= 0.3 is 0 Å². The number of hydrogen-bond donors (Lipinski definition) is 0. The highest BCUT2D eigenvalue weighted by molar-refractivity contribution is 4.91. The van der Waals surface area contributed by atoms with Crippen molar-refractivity contribution in [2.45, 2.75) is 37.8 Å². The summed E-state index contributed by atoms with van der Waals surface area (Å²) in [6.45, 7) is 1.14. The Morgan fingerprint density at radius 2 is 2.17 bits per heavy atom. The van der Waals surface area contributed by atoms with Gasteiger partial charge in [0.15, 0.2) is 0 Å². The highest BCUT2D eigenvalue weighted by Crippen LogP contribution is 2.36. The lowest BCUT2D eigenvalue weighted by atomic mass is 9.91. The van der Waals surface area contributed by atoms with Gasteiger partial charge in [-0.2, -0.15) is 0 Å². The minimum atomic E-state index is 0.495. The smallest absolute Gasteiger partial charge is 0.0701 e. The van der Waals surface area contributed by atoms with Gasteiger partial charge in [0.05, 0.1) is 6.10 Å². The second kappa shape index (κ2) is 3.35. The lowest BCUT2D eigenvalue weighted by Gasteiger charge is -2.38. The fourth-order valence-corrected chi connectivity index (χ4v) is 2.91. The van der Waals surface area contributed by atoms with E-state index in [9.17, 15) is 0 Å². The predicted octanol–water partition coefficient (Wildman–Crippen LogP) is 1.51. The van der Waals surface area contributed by atoms with Gasteiger partial charge in [-0.3, -0.25) is 0 Å². The Hall–Kier alpha value is -0.0800. The Bertz CT molecular complexity index is 160. The molecule has 12 heavy (non-hydrogen) atoms. The largest absolute Gasteiger partial charge is 0.380 e. The molecule has 0 aromatic carbocycles. The van der Waals surface area contributed by atoms with Crippen LogP contribution in [-0.2, 0) is 4.74 Å². The SMILES string of the molecule is COC1C[C@H]2CCC[C@H]2N(C)C1. The van der Waals surface area contributed by atoms with Gasteiger partial charge in [-0.05, 0) is 32.2 Å². The van der Waals surface area contributed by atoms with Crippen molar-refractivity contribution >= 4 is 0 Å². The fourth-order valence-electron chi connectivity index (χ4n) is 2.91. The van der Waals surface area contributed by atoms with Crippen molar-refractivity contribution in [3.05, 3.63) is 0 Å². The van der Waals surface area contributed by atoms with Crippen LogP contribution in [0.25, 0.3) is 0 Å². The molecule has 0 amide bonds. The lowest BCUT2D eigenvalue weighted by Crippen LogP contribution is -2.46. The zero-order valence-corrected chi connectivity index (χ0v) is 8.12. The molecule has 0 bridgehead atoms. The molecule has 1 heterocycles. The topological polar surface area (TPSA) is 12.5 Å². The highest BCUT2D eigenvalue weighted by atomic mass is 16.5. The first-order chi connectivity index (χ1) is 5.81. The Morgan fingerprint density at radius 3 is 2.92 bits per heavy atom. The number of fused-ring (bicyclic) bond motifs is 1. The van der Waals surface area contributed by atoms with Crippen molar-refractivity contribution in [2.24, 2.45) is 5.92 Å². The third-order valence-corrected chi connectivity index (χ3v) is 3.58. The summed E-state index contributed by atoms with van der Waals surface area (Å²) in [7, 11) is 4.09. The molecule has 0 N–H and O–H groups in total. The van der Waals surface area contributed by atoms with Gasteiger partial charge in [0, 0.05) is 19.7 Å². The number of likely N-dealkylation sites (tertiary alicyclic amines) is 1. The van der Waals surface area contributed by atoms with Crippen molar-refractivity contribution < 1.29 is 4.74 Å². The molecule has 0 radical (unpaired) electrons. The summed E-state index contributed by atoms with van der Waals surface area (Å²) in [6, 6.07) is 0.872. The van der Waals surface area contributed by atoms with E-state index in [4.69, 9.17) is 4.74 Å². The third kappa shape index (κ3) is 1.38. The average Bonchev–Trinajstić information content (AvgIpc) is 2.52. The summed E-state index contributed by atoms with van der Waals surface area (Å²) >= 11 is 0. The molecule has 2 rings (SSSR count). The second-order valence-electron chi connectivity index (χ2n) is 4.29. The van der Waals surface area contributed by atoms with Crippen molar-refractivity contribution in [2.75, 3.05) is 20.7 Å². The van der Waals surface area contributed by atoms with Crippen LogP contribution in [0.1, 0.15) is 25.7 Å². The molecule has 1 saturated carbocycles. The van der Waals surface area contributed by atoms with Crippen molar-refractivity contribution in [3.8, 4) is 0 Å². The summed E-state index contributed by atoms with van der Waals surface area (Å²) in [5.74, 6) is 0.925. The fraction of sp³-hybridized carbons (Fsp3) is 1.00. The van der Waals surface area contributed by atoms with Gasteiger partial charge in [0.2, 0.25) is 0 Å². The Kier molecular flexibility index (Phi) is 2.37. The van der Waals surface area contributed by atoms with Crippen molar-refractivity contribution in [1.82, 2.24) is 4.90 Å². The van der Waals surface area contributed by atoms with Crippen molar-refractivity contribution in [3.63, 3.8) is 0 Å². The Balaban J connectivity index is 2.00. The number of piperidine rings is 1. The van der Waals surface area contributed by atoms with E-state index in [1.54, 1.807) is 0 Å². The quantitative estimate of drug-likeness (QED) is 0.590. The normalized spacial score (nSPS) is 43.0. The van der Waals surface area contributed by atoms with E-state index in [0.717, 1.165) is 18.5 Å². The zero-order chi connectivity index (χ0) is 8.55. The summed E-state index contributed by atoms with van der Waals surface area (Å²) < 4.78 is 5.43. The molecular formula is C10H19NO. The number of nitrogens with zero attached hydrogens (tertiary/aromatic N) is 1. The van der Waals surface area contributed by atoms with Gasteiger partial charge in [-0.1, -0.05) is 6.42 Å². The van der Waals surface area contributed by atoms with Gasteiger partial charge in [0.25, 0.3) is 0 Å². The first kappa shape index (κ1) is 8.52. The molecule has 0 aromatic rings. The Morgan fingerprint density at radius 1 is 1.33 bits per heavy atom. The molecule has 1 saturated heterocycles. The Labute approximate surface area is 74.9 Å². The van der Waals surface area contributed by atoms with E-state index >= 15 is 0 Å². The molecule has 0 spiro atoms. The van der Waals surface area contributed by atoms with E-state index in [2.05, 4.69) is 11.9 Å². The van der Waals surface area contributed by atoms with Crippen LogP contribution in [0.3, 0.4) is 0 Å². The van der Waals surface area contributed by atoms with E-state index in [-0.39, 0.29) is 0 Å². The number of ether oxygens (including phenoxy) is 1. The van der Waals surface area contributed by atoms with E-state index in [0.29, 0.717) is 6.10 Å². The van der Waals surface area contributed by atoms with Crippen LogP contribution in [0.15, 0.2) is 0 Å². The molecule has 70 valence electrons. The van der Waals surface area contributed by atoms with Gasteiger partial charge in [0.1, 0.15) is 0 Å². The third-order valence-electron chi connectivity index (χ3n) is 3.58. The molecule has 3 atom stereocenters. The molecule has 2 nitrogen and oxygen atoms in total. The first-order valence-electron chi connectivity index (χ1n) is 5.04. The maximum atomic E-state index is 5.43. The van der Waals surface area contributed by atoms with Crippen molar-refractivity contribution in [1.29, 1.82) is 0 Å². The van der Waals surface area contributed by atoms with Gasteiger partial charge < -0.3 is 9.64 Å². The molecule has 1 aliphatic carbocycles. The van der Waals surface area contributed by atoms with E-state index in [1.807, 2.05) is 7.11 Å². The molecule has 1 unspecified atom stereocenters. The molecule has 2 aliphatic rings. The lowest BCUT2D eigenvalue weighted by molar-refractivity contribution is -0.00390. The average molecular weight is 169 g/mol. The minimum absolute atomic E-state index is 0.495. The standard InChI is InChI=1S/C10H19NO/c1-11-7-9(12-2)6-8-4-3-5-10(8)11/h8-10H,3-7H2,1-2H3/t8-,9?,10-/m1/s1. The van der Waals surface area contributed by atoms with E-state index in [1.165, 1.54) is 25.7 Å². The minimum Gasteiger partial charge on any atom is -0.380 e. The van der Waals surface area contributed by atoms with E-state index < -0.39 is 0 Å². The number of methoxy groups -OCH3 is 1. The van der Waals surface area contributed by atoms with Crippen LogP contribution in [0.2, 0.25) is 0 Å². The number of hydrogen-bond acceptors (Lipinski definition) is 2. The molecular weight excluding hydrogens is 150 g/mol. The zero-order valence-electron chi connectivity index (χ0n) is 8.12. The maximum absolute atomic E-state index is 5.43. The van der Waals surface area contributed by atoms with Crippen LogP contribution in [-0.4, -0.2) is 37.7 Å². The highest BCUT2D eigenvalue weighted by Gasteiger charge is 2.36. The summed E-state index contributed by atoms with van der Waals surface area (Å²) in [5.41, 5.74) is 0. The predicted molar refractivity (Wildman–Crippen MR) is 49.2 cm³/mol. The summed E-state index contributed by atoms with van der Waals surface area (Å²) in [4.78, 5) is 2.50. The van der Waals surface area contributed by atoms with Crippen LogP contribution in [0, 0.1) is 5.92 Å². The van der Waals surface area contributed by atoms with Crippen LogP contribution >= 0.6 is 0 Å². The number of rotatable bonds is 1. The van der Waals surface area contributed by atoms with Crippen LogP contribution in [0.5, 0.6) is 0 Å². The van der Waals surface area contributed by atoms with Gasteiger partial charge in [-0.15, -0.1) is 0 Å². The van der Waals surface area contributed by atoms with Crippen LogP contribution < -0.4 is 0 Å². The second-order valence-corrected chi connectivity index (χ2v) is 4.29. The molecule has 2 heteroatoms. The van der Waals surface area contributed by atoms with Crippen LogP contribution in [0.4, 0.5) is 0 Å².